The zero-order chi connectivity index (χ0) is 28.2. The molecule has 0 aromatic heterocycles. The summed E-state index contributed by atoms with van der Waals surface area (Å²) in [6.45, 7) is 4.02. The molecule has 0 aliphatic carbocycles. The van der Waals surface area contributed by atoms with Gasteiger partial charge in [-0.25, -0.2) is 10.6 Å². The highest BCUT2D eigenvalue weighted by Crippen LogP contribution is 2.25. The average molecular weight is 558 g/mol. The van der Waals surface area contributed by atoms with E-state index in [0.29, 0.717) is 30.2 Å². The summed E-state index contributed by atoms with van der Waals surface area (Å²) in [5, 5.41) is 0.891. The van der Waals surface area contributed by atoms with E-state index in [0.717, 1.165) is 46.6 Å². The van der Waals surface area contributed by atoms with Crippen LogP contribution >= 0.6 is 11.8 Å². The van der Waals surface area contributed by atoms with Gasteiger partial charge >= 0.3 is 5.97 Å². The molecule has 0 amide bonds. The molecule has 0 fully saturated rings. The lowest BCUT2D eigenvalue weighted by Gasteiger charge is -2.18. The van der Waals surface area contributed by atoms with Crippen molar-refractivity contribution in [3.63, 3.8) is 0 Å². The summed E-state index contributed by atoms with van der Waals surface area (Å²) in [5.41, 5.74) is 11.8. The fraction of sp³-hybridized carbons (Fsp3) is 0.219. The third-order valence-electron chi connectivity index (χ3n) is 6.07. The van der Waals surface area contributed by atoms with E-state index in [-0.39, 0.29) is 0 Å². The maximum Gasteiger partial charge on any atom is 0.365 e. The van der Waals surface area contributed by atoms with E-state index in [1.54, 1.807) is 36.4 Å². The van der Waals surface area contributed by atoms with Crippen LogP contribution in [0.3, 0.4) is 0 Å². The quantitative estimate of drug-likeness (QED) is 0.0772. The molecular weight excluding hydrogens is 522 g/mol. The number of thioether (sulfide) groups is 1. The zero-order valence-electron chi connectivity index (χ0n) is 22.6. The lowest BCUT2D eigenvalue weighted by molar-refractivity contribution is 0.0451. The van der Waals surface area contributed by atoms with Gasteiger partial charge in [-0.15, -0.1) is 5.17 Å². The maximum absolute atomic E-state index is 12.5. The van der Waals surface area contributed by atoms with Crippen LogP contribution in [0.2, 0.25) is 0 Å². The number of ether oxygens (including phenoxy) is 2. The molecule has 0 saturated carbocycles. The molecule has 0 heterocycles. The van der Waals surface area contributed by atoms with E-state index in [9.17, 15) is 4.79 Å². The Morgan fingerprint density at radius 3 is 2.00 bits per heavy atom. The van der Waals surface area contributed by atoms with E-state index in [2.05, 4.69) is 43.3 Å². The predicted octanol–water partition coefficient (Wildman–Crippen LogP) is 6.63. The molecule has 0 aliphatic heterocycles. The number of hydrogen-bond donors (Lipinski definition) is 2. The molecule has 8 heteroatoms. The molecule has 4 N–H and O–H groups in total. The van der Waals surface area contributed by atoms with Crippen molar-refractivity contribution >= 4 is 29.1 Å². The summed E-state index contributed by atoms with van der Waals surface area (Å²) in [4.78, 5) is 17.7. The number of benzene rings is 4. The third kappa shape index (κ3) is 8.51. The van der Waals surface area contributed by atoms with Gasteiger partial charge in [0.2, 0.25) is 0 Å². The van der Waals surface area contributed by atoms with Gasteiger partial charge in [-0.2, -0.15) is 11.8 Å². The molecule has 4 aromatic carbocycles. The van der Waals surface area contributed by atoms with Gasteiger partial charge in [-0.3, -0.25) is 0 Å². The molecular formula is C32H35N3O4S. The smallest absolute Gasteiger partial charge is 0.365 e. The van der Waals surface area contributed by atoms with Crippen LogP contribution in [0.4, 0.5) is 11.4 Å². The Morgan fingerprint density at radius 1 is 0.775 bits per heavy atom. The van der Waals surface area contributed by atoms with Crippen LogP contribution in [0, 0.1) is 0 Å². The van der Waals surface area contributed by atoms with E-state index in [1.807, 2.05) is 36.0 Å². The van der Waals surface area contributed by atoms with Gasteiger partial charge in [0.05, 0.1) is 17.9 Å². The van der Waals surface area contributed by atoms with Gasteiger partial charge in [0.15, 0.2) is 0 Å². The number of rotatable bonds is 14. The monoisotopic (exact) mass is 557 g/mol. The molecule has 0 saturated heterocycles. The molecule has 0 aliphatic rings. The van der Waals surface area contributed by atoms with E-state index in [4.69, 9.17) is 25.9 Å². The van der Waals surface area contributed by atoms with Crippen molar-refractivity contribution < 1.29 is 19.1 Å². The molecule has 0 spiro atoms. The van der Waals surface area contributed by atoms with Crippen molar-refractivity contribution in [1.82, 2.24) is 0 Å². The van der Waals surface area contributed by atoms with Crippen molar-refractivity contribution in [3.05, 3.63) is 114 Å². The van der Waals surface area contributed by atoms with Crippen LogP contribution in [0.5, 0.6) is 5.75 Å². The standard InChI is InChI=1S/C32H35N3O4S/c1-2-19-37-20-21-38-29-17-15-27(16-18-29)26-11-7-24(8-12-26)22-40-23-25-9-13-28(14-10-25)32(36)39-35(34)31-6-4-3-5-30(31)33/h3-18H,2,19-23,33-34H2,1H3. The Morgan fingerprint density at radius 2 is 1.38 bits per heavy atom. The van der Waals surface area contributed by atoms with Crippen LogP contribution in [0.25, 0.3) is 11.1 Å². The van der Waals surface area contributed by atoms with Gasteiger partial charge in [0, 0.05) is 18.1 Å². The lowest BCUT2D eigenvalue weighted by atomic mass is 10.0. The number of anilines is 2. The molecule has 4 aromatic rings. The number of nitrogens with two attached hydrogens (primary N) is 2. The first-order valence-corrected chi connectivity index (χ1v) is 14.4. The predicted molar refractivity (Wildman–Crippen MR) is 163 cm³/mol. The Bertz CT molecular complexity index is 1350. The summed E-state index contributed by atoms with van der Waals surface area (Å²) in [6.07, 6.45) is 1.02. The zero-order valence-corrected chi connectivity index (χ0v) is 23.4. The van der Waals surface area contributed by atoms with Crippen molar-refractivity contribution in [2.24, 2.45) is 5.84 Å². The van der Waals surface area contributed by atoms with Crippen LogP contribution in [-0.4, -0.2) is 25.8 Å². The Balaban J connectivity index is 1.21. The summed E-state index contributed by atoms with van der Waals surface area (Å²) in [5.74, 6) is 7.87. The van der Waals surface area contributed by atoms with Crippen LogP contribution < -0.4 is 21.5 Å². The number of hydrazine groups is 1. The second-order valence-corrected chi connectivity index (χ2v) is 10.1. The Labute approximate surface area is 240 Å². The Kier molecular flexibility index (Phi) is 10.9. The first-order chi connectivity index (χ1) is 19.5. The molecule has 4 rings (SSSR count). The second kappa shape index (κ2) is 15.0. The third-order valence-corrected chi connectivity index (χ3v) is 7.14. The molecule has 7 nitrogen and oxygen atoms in total. The minimum atomic E-state index is -0.552. The molecule has 40 heavy (non-hydrogen) atoms. The molecule has 0 atom stereocenters. The Hall–Kier alpha value is -3.98. The highest BCUT2D eigenvalue weighted by Gasteiger charge is 2.14. The number of carbonyl (C=O) groups excluding carboxylic acids is 1. The lowest BCUT2D eigenvalue weighted by Crippen LogP contribution is -2.34. The summed E-state index contributed by atoms with van der Waals surface area (Å²) < 4.78 is 11.2. The van der Waals surface area contributed by atoms with Gasteiger partial charge in [-0.1, -0.05) is 67.6 Å². The number of para-hydroxylation sites is 2. The molecule has 0 unspecified atom stereocenters. The highest BCUT2D eigenvalue weighted by molar-refractivity contribution is 7.97. The number of nitrogens with zero attached hydrogens (tertiary/aromatic N) is 1. The normalized spacial score (nSPS) is 10.8. The van der Waals surface area contributed by atoms with Crippen LogP contribution in [-0.2, 0) is 21.1 Å². The van der Waals surface area contributed by atoms with Crippen molar-refractivity contribution in [2.45, 2.75) is 24.9 Å². The van der Waals surface area contributed by atoms with Gasteiger partial charge in [0.25, 0.3) is 0 Å². The summed E-state index contributed by atoms with van der Waals surface area (Å²) >= 11 is 1.81. The topological polar surface area (TPSA) is 100 Å². The van der Waals surface area contributed by atoms with Crippen LogP contribution in [0.1, 0.15) is 34.8 Å². The number of carbonyl (C=O) groups is 1. The van der Waals surface area contributed by atoms with Crippen LogP contribution in [0.15, 0.2) is 97.1 Å². The van der Waals surface area contributed by atoms with Gasteiger partial charge < -0.3 is 20.0 Å². The fourth-order valence-electron chi connectivity index (χ4n) is 3.91. The van der Waals surface area contributed by atoms with E-state index < -0.39 is 5.97 Å². The SMILES string of the molecule is CCCOCCOc1ccc(-c2ccc(CSCc3ccc(C(=O)ON(N)c4ccccc4N)cc3)cc2)cc1. The molecule has 208 valence electrons. The van der Waals surface area contributed by atoms with E-state index in [1.165, 1.54) is 11.1 Å². The second-order valence-electron chi connectivity index (χ2n) is 9.14. The van der Waals surface area contributed by atoms with E-state index >= 15 is 0 Å². The first kappa shape index (κ1) is 29.0. The van der Waals surface area contributed by atoms with Gasteiger partial charge in [0.1, 0.15) is 18.0 Å². The molecule has 0 radical (unpaired) electrons. The maximum atomic E-state index is 12.5. The van der Waals surface area contributed by atoms with Gasteiger partial charge in [-0.05, 0) is 65.1 Å². The first-order valence-electron chi connectivity index (χ1n) is 13.2. The average Bonchev–Trinajstić information content (AvgIpc) is 2.98. The number of nitrogen functional groups attached to an aromatic ring is 1. The minimum Gasteiger partial charge on any atom is -0.491 e. The van der Waals surface area contributed by atoms with Crippen molar-refractivity contribution in [3.8, 4) is 16.9 Å². The largest absolute Gasteiger partial charge is 0.491 e. The van der Waals surface area contributed by atoms with Crippen molar-refractivity contribution in [2.75, 3.05) is 30.7 Å². The van der Waals surface area contributed by atoms with Crippen molar-refractivity contribution in [1.29, 1.82) is 0 Å². The molecule has 0 bridgehead atoms. The summed E-state index contributed by atoms with van der Waals surface area (Å²) in [6, 6.07) is 31.0. The minimum absolute atomic E-state index is 0.412. The highest BCUT2D eigenvalue weighted by atomic mass is 32.2. The fourth-order valence-corrected chi connectivity index (χ4v) is 4.86. The summed E-state index contributed by atoms with van der Waals surface area (Å²) in [7, 11) is 0. The number of hydrogen-bond acceptors (Lipinski definition) is 8.